The summed E-state index contributed by atoms with van der Waals surface area (Å²) in [6.45, 7) is 2.50. The topological polar surface area (TPSA) is 49.6 Å². The van der Waals surface area contributed by atoms with Crippen LogP contribution in [0.4, 0.5) is 8.78 Å². The summed E-state index contributed by atoms with van der Waals surface area (Å²) in [7, 11) is 1.65. The molecule has 1 aromatic carbocycles. The van der Waals surface area contributed by atoms with Crippen LogP contribution in [0.1, 0.15) is 24.3 Å². The van der Waals surface area contributed by atoms with Crippen LogP contribution in [0.5, 0.6) is 0 Å². The Balaban J connectivity index is 0.00000264. The zero-order valence-corrected chi connectivity index (χ0v) is 15.3. The third-order valence-corrected chi connectivity index (χ3v) is 3.26. The molecule has 0 bridgehead atoms. The molecule has 126 valence electrons. The van der Waals surface area contributed by atoms with E-state index in [9.17, 15) is 8.78 Å². The summed E-state index contributed by atoms with van der Waals surface area (Å²) in [4.78, 5) is 4.11. The molecule has 0 aliphatic heterocycles. The predicted octanol–water partition coefficient (Wildman–Crippen LogP) is 3.64. The van der Waals surface area contributed by atoms with E-state index in [1.54, 1.807) is 19.4 Å². The lowest BCUT2D eigenvalue weighted by Crippen LogP contribution is -2.39. The van der Waals surface area contributed by atoms with Crippen molar-refractivity contribution in [1.29, 1.82) is 0 Å². The van der Waals surface area contributed by atoms with Crippen molar-refractivity contribution in [2.45, 2.75) is 19.4 Å². The minimum absolute atomic E-state index is 0. The van der Waals surface area contributed by atoms with E-state index in [-0.39, 0.29) is 30.0 Å². The van der Waals surface area contributed by atoms with E-state index in [1.165, 1.54) is 6.07 Å². The van der Waals surface area contributed by atoms with Gasteiger partial charge in [-0.3, -0.25) is 4.99 Å². The summed E-state index contributed by atoms with van der Waals surface area (Å²) < 4.78 is 31.5. The van der Waals surface area contributed by atoms with Crippen molar-refractivity contribution in [2.75, 3.05) is 13.6 Å². The summed E-state index contributed by atoms with van der Waals surface area (Å²) >= 11 is 0. The molecule has 2 aromatic rings. The Bertz CT molecular complexity index is 632. The molecule has 0 spiro atoms. The molecule has 0 aliphatic carbocycles. The molecule has 2 rings (SSSR count). The molecule has 0 radical (unpaired) electrons. The number of furan rings is 1. The maximum absolute atomic E-state index is 13.3. The van der Waals surface area contributed by atoms with Gasteiger partial charge < -0.3 is 15.1 Å². The van der Waals surface area contributed by atoms with Gasteiger partial charge >= 0.3 is 0 Å². The minimum atomic E-state index is -0.855. The molecule has 7 heteroatoms. The van der Waals surface area contributed by atoms with Gasteiger partial charge in [0.2, 0.25) is 0 Å². The highest BCUT2D eigenvalue weighted by molar-refractivity contribution is 14.0. The van der Waals surface area contributed by atoms with Gasteiger partial charge in [0.15, 0.2) is 17.6 Å². The Morgan fingerprint density at radius 1 is 1.26 bits per heavy atom. The standard InChI is InChI=1S/C16H19F2N3O.HI/c1-11(12-5-6-14(17)15(18)10-12)21-16(19-2)20-8-7-13-4-3-9-22-13;/h3-6,9-11H,7-8H2,1-2H3,(H2,19,20,21);1H. The van der Waals surface area contributed by atoms with E-state index < -0.39 is 11.6 Å². The third-order valence-electron chi connectivity index (χ3n) is 3.26. The van der Waals surface area contributed by atoms with Gasteiger partial charge in [0.25, 0.3) is 0 Å². The van der Waals surface area contributed by atoms with Gasteiger partial charge in [-0.15, -0.1) is 24.0 Å². The summed E-state index contributed by atoms with van der Waals surface area (Å²) in [5.74, 6) is -0.232. The number of guanidine groups is 1. The third kappa shape index (κ3) is 5.81. The van der Waals surface area contributed by atoms with Gasteiger partial charge in [-0.1, -0.05) is 6.07 Å². The first-order valence-corrected chi connectivity index (χ1v) is 7.04. The van der Waals surface area contributed by atoms with Gasteiger partial charge in [0.05, 0.1) is 12.3 Å². The van der Waals surface area contributed by atoms with Crippen molar-refractivity contribution in [1.82, 2.24) is 10.6 Å². The van der Waals surface area contributed by atoms with Gasteiger partial charge in [0, 0.05) is 20.0 Å². The molecule has 23 heavy (non-hydrogen) atoms. The lowest BCUT2D eigenvalue weighted by molar-refractivity contribution is 0.503. The van der Waals surface area contributed by atoms with Crippen LogP contribution >= 0.6 is 24.0 Å². The van der Waals surface area contributed by atoms with Crippen LogP contribution < -0.4 is 10.6 Å². The minimum Gasteiger partial charge on any atom is -0.469 e. The molecule has 0 aliphatic rings. The molecule has 0 saturated heterocycles. The predicted molar refractivity (Wildman–Crippen MR) is 97.1 cm³/mol. The highest BCUT2D eigenvalue weighted by Gasteiger charge is 2.10. The number of halogens is 3. The summed E-state index contributed by atoms with van der Waals surface area (Å²) in [6.07, 6.45) is 2.36. The van der Waals surface area contributed by atoms with Crippen LogP contribution in [0.25, 0.3) is 0 Å². The van der Waals surface area contributed by atoms with Crippen molar-refractivity contribution in [3.05, 3.63) is 59.6 Å². The van der Waals surface area contributed by atoms with Crippen LogP contribution in [0.2, 0.25) is 0 Å². The number of aliphatic imine (C=N–C) groups is 1. The average molecular weight is 435 g/mol. The van der Waals surface area contributed by atoms with E-state index in [2.05, 4.69) is 15.6 Å². The molecule has 0 amide bonds. The molecule has 1 aromatic heterocycles. The molecule has 1 unspecified atom stereocenters. The summed E-state index contributed by atoms with van der Waals surface area (Å²) in [5, 5.41) is 6.27. The molecular formula is C16H20F2IN3O. The average Bonchev–Trinajstić information content (AvgIpc) is 3.02. The molecular weight excluding hydrogens is 415 g/mol. The second-order valence-corrected chi connectivity index (χ2v) is 4.87. The zero-order valence-electron chi connectivity index (χ0n) is 13.0. The highest BCUT2D eigenvalue weighted by atomic mass is 127. The summed E-state index contributed by atoms with van der Waals surface area (Å²) in [5.41, 5.74) is 0.646. The molecule has 1 heterocycles. The Hall–Kier alpha value is -1.64. The fourth-order valence-corrected chi connectivity index (χ4v) is 2.02. The van der Waals surface area contributed by atoms with Crippen molar-refractivity contribution in [3.63, 3.8) is 0 Å². The normalized spacial score (nSPS) is 12.4. The van der Waals surface area contributed by atoms with E-state index in [4.69, 9.17) is 4.42 Å². The second-order valence-electron chi connectivity index (χ2n) is 4.87. The lowest BCUT2D eigenvalue weighted by atomic mass is 10.1. The smallest absolute Gasteiger partial charge is 0.191 e. The molecule has 0 saturated carbocycles. The largest absolute Gasteiger partial charge is 0.469 e. The number of nitrogens with one attached hydrogen (secondary N) is 2. The van der Waals surface area contributed by atoms with Gasteiger partial charge in [0.1, 0.15) is 5.76 Å². The first kappa shape index (κ1) is 19.4. The van der Waals surface area contributed by atoms with Crippen molar-refractivity contribution in [3.8, 4) is 0 Å². The van der Waals surface area contributed by atoms with Crippen molar-refractivity contribution >= 4 is 29.9 Å². The number of benzene rings is 1. The number of hydrogen-bond acceptors (Lipinski definition) is 2. The lowest BCUT2D eigenvalue weighted by Gasteiger charge is -2.18. The Morgan fingerprint density at radius 3 is 2.65 bits per heavy atom. The van der Waals surface area contributed by atoms with Gasteiger partial charge in [-0.05, 0) is 36.8 Å². The molecule has 2 N–H and O–H groups in total. The van der Waals surface area contributed by atoms with Crippen LogP contribution in [-0.4, -0.2) is 19.6 Å². The monoisotopic (exact) mass is 435 g/mol. The van der Waals surface area contributed by atoms with Gasteiger partial charge in [-0.2, -0.15) is 0 Å². The number of hydrogen-bond donors (Lipinski definition) is 2. The first-order chi connectivity index (χ1) is 10.6. The maximum atomic E-state index is 13.3. The Kier molecular flexibility index (Phi) is 8.01. The number of nitrogens with zero attached hydrogens (tertiary/aromatic N) is 1. The quantitative estimate of drug-likeness (QED) is 0.429. The van der Waals surface area contributed by atoms with Crippen LogP contribution in [0, 0.1) is 11.6 Å². The summed E-state index contributed by atoms with van der Waals surface area (Å²) in [6, 6.07) is 7.39. The molecule has 4 nitrogen and oxygen atoms in total. The SMILES string of the molecule is CN=C(NCCc1ccco1)NC(C)c1ccc(F)c(F)c1.I. The van der Waals surface area contributed by atoms with E-state index in [1.807, 2.05) is 19.1 Å². The van der Waals surface area contributed by atoms with E-state index >= 15 is 0 Å². The van der Waals surface area contributed by atoms with Crippen LogP contribution in [0.3, 0.4) is 0 Å². The molecule has 1 atom stereocenters. The van der Waals surface area contributed by atoms with E-state index in [0.29, 0.717) is 18.1 Å². The number of rotatable bonds is 5. The fourth-order valence-electron chi connectivity index (χ4n) is 2.02. The van der Waals surface area contributed by atoms with Gasteiger partial charge in [-0.25, -0.2) is 8.78 Å². The maximum Gasteiger partial charge on any atom is 0.191 e. The second kappa shape index (κ2) is 9.49. The fraction of sp³-hybridized carbons (Fsp3) is 0.312. The zero-order chi connectivity index (χ0) is 15.9. The molecule has 0 fully saturated rings. The van der Waals surface area contributed by atoms with Crippen molar-refractivity contribution in [2.24, 2.45) is 4.99 Å². The van der Waals surface area contributed by atoms with Crippen molar-refractivity contribution < 1.29 is 13.2 Å². The Morgan fingerprint density at radius 2 is 2.04 bits per heavy atom. The van der Waals surface area contributed by atoms with Crippen LogP contribution in [0.15, 0.2) is 46.0 Å². The first-order valence-electron chi connectivity index (χ1n) is 7.04. The van der Waals surface area contributed by atoms with E-state index in [0.717, 1.165) is 18.2 Å². The highest BCUT2D eigenvalue weighted by Crippen LogP contribution is 2.15. The van der Waals surface area contributed by atoms with Crippen LogP contribution in [-0.2, 0) is 6.42 Å². The Labute approximate surface area is 151 Å².